The number of para-hydroxylation sites is 1. The average Bonchev–Trinajstić information content (AvgIpc) is 3.07. The molecule has 0 aliphatic carbocycles. The largest absolute Gasteiger partial charge is 0.350 e. The quantitative estimate of drug-likeness (QED) is 0.801. The number of nitrogens with one attached hydrogen (secondary N) is 1. The summed E-state index contributed by atoms with van der Waals surface area (Å²) in [7, 11) is 0. The number of amides is 1. The van der Waals surface area contributed by atoms with Gasteiger partial charge in [0.05, 0.1) is 17.8 Å². The molecule has 2 aromatic heterocycles. The van der Waals surface area contributed by atoms with Gasteiger partial charge < -0.3 is 5.32 Å². The van der Waals surface area contributed by atoms with Gasteiger partial charge in [-0.3, -0.25) is 9.48 Å². The fraction of sp³-hybridized carbons (Fsp3) is 0.200. The molecule has 1 N–H and O–H groups in total. The highest BCUT2D eigenvalue weighted by molar-refractivity contribution is 7.09. The lowest BCUT2D eigenvalue weighted by Gasteiger charge is -2.05. The lowest BCUT2D eigenvalue weighted by molar-refractivity contribution is -0.121. The van der Waals surface area contributed by atoms with Crippen molar-refractivity contribution in [1.29, 1.82) is 0 Å². The molecule has 1 aromatic carbocycles. The third kappa shape index (κ3) is 2.58. The fourth-order valence-electron chi connectivity index (χ4n) is 2.20. The molecule has 0 unspecified atom stereocenters. The lowest BCUT2D eigenvalue weighted by atomic mass is 10.2. The first kappa shape index (κ1) is 12.9. The molecule has 0 saturated carbocycles. The molecule has 3 rings (SSSR count). The second-order valence-electron chi connectivity index (χ2n) is 4.62. The summed E-state index contributed by atoms with van der Waals surface area (Å²) in [6.45, 7) is 2.79. The molecule has 1 amide bonds. The minimum absolute atomic E-state index is 0.0216. The molecule has 0 aliphatic heterocycles. The van der Waals surface area contributed by atoms with Crippen molar-refractivity contribution in [3.63, 3.8) is 0 Å². The molecule has 0 spiro atoms. The normalized spacial score (nSPS) is 10.8. The van der Waals surface area contributed by atoms with E-state index < -0.39 is 0 Å². The van der Waals surface area contributed by atoms with Crippen LogP contribution in [0.2, 0.25) is 0 Å². The van der Waals surface area contributed by atoms with E-state index in [0.717, 1.165) is 21.5 Å². The molecule has 3 aromatic rings. The van der Waals surface area contributed by atoms with Gasteiger partial charge in [-0.2, -0.15) is 5.10 Å². The molecule has 0 bridgehead atoms. The average molecular weight is 285 g/mol. The topological polar surface area (TPSA) is 46.9 Å². The van der Waals surface area contributed by atoms with Gasteiger partial charge in [-0.1, -0.05) is 24.3 Å². The number of benzene rings is 1. The number of carbonyl (C=O) groups excluding carboxylic acids is 1. The first-order chi connectivity index (χ1) is 9.74. The van der Waals surface area contributed by atoms with Crippen molar-refractivity contribution < 1.29 is 4.79 Å². The summed E-state index contributed by atoms with van der Waals surface area (Å²) < 4.78 is 1.76. The molecule has 0 fully saturated rings. The first-order valence-corrected chi connectivity index (χ1v) is 7.33. The maximum absolute atomic E-state index is 12.0. The Morgan fingerprint density at radius 3 is 2.95 bits per heavy atom. The summed E-state index contributed by atoms with van der Waals surface area (Å²) in [5.41, 5.74) is 1.95. The van der Waals surface area contributed by atoms with Gasteiger partial charge in [0.25, 0.3) is 0 Å². The maximum atomic E-state index is 12.0. The number of aryl methyl sites for hydroxylation is 1. The molecule has 0 aliphatic rings. The van der Waals surface area contributed by atoms with E-state index in [-0.39, 0.29) is 12.5 Å². The molecular formula is C15H15N3OS. The predicted octanol–water partition coefficient (Wildman–Crippen LogP) is 2.72. The molecule has 0 radical (unpaired) electrons. The third-order valence-electron chi connectivity index (χ3n) is 3.18. The fourth-order valence-corrected chi connectivity index (χ4v) is 2.85. The number of thiophene rings is 1. The SMILES string of the molecule is Cc1nn(CC(=O)NCc2cccs2)c2ccccc12. The van der Waals surface area contributed by atoms with E-state index in [1.54, 1.807) is 16.0 Å². The smallest absolute Gasteiger partial charge is 0.242 e. The minimum atomic E-state index is -0.0216. The molecule has 102 valence electrons. The predicted molar refractivity (Wildman–Crippen MR) is 80.6 cm³/mol. The van der Waals surface area contributed by atoms with Crippen LogP contribution in [0.3, 0.4) is 0 Å². The first-order valence-electron chi connectivity index (χ1n) is 6.45. The number of rotatable bonds is 4. The van der Waals surface area contributed by atoms with Gasteiger partial charge in [-0.15, -0.1) is 11.3 Å². The van der Waals surface area contributed by atoms with E-state index >= 15 is 0 Å². The van der Waals surface area contributed by atoms with Crippen LogP contribution < -0.4 is 5.32 Å². The van der Waals surface area contributed by atoms with Gasteiger partial charge in [0, 0.05) is 10.3 Å². The summed E-state index contributed by atoms with van der Waals surface area (Å²) in [5, 5.41) is 10.5. The number of hydrogen-bond donors (Lipinski definition) is 1. The zero-order chi connectivity index (χ0) is 13.9. The number of fused-ring (bicyclic) bond motifs is 1. The van der Waals surface area contributed by atoms with Crippen LogP contribution in [-0.2, 0) is 17.9 Å². The Morgan fingerprint density at radius 1 is 1.30 bits per heavy atom. The Morgan fingerprint density at radius 2 is 2.15 bits per heavy atom. The van der Waals surface area contributed by atoms with E-state index in [4.69, 9.17) is 0 Å². The van der Waals surface area contributed by atoms with E-state index in [1.165, 1.54) is 0 Å². The summed E-state index contributed by atoms with van der Waals surface area (Å²) in [6, 6.07) is 12.0. The van der Waals surface area contributed by atoms with Crippen LogP contribution in [0, 0.1) is 6.92 Å². The van der Waals surface area contributed by atoms with Crippen molar-refractivity contribution in [2.75, 3.05) is 0 Å². The number of nitrogens with zero attached hydrogens (tertiary/aromatic N) is 2. The van der Waals surface area contributed by atoms with Crippen molar-refractivity contribution in [3.05, 3.63) is 52.3 Å². The molecule has 5 heteroatoms. The van der Waals surface area contributed by atoms with Crippen LogP contribution in [0.25, 0.3) is 10.9 Å². The van der Waals surface area contributed by atoms with Gasteiger partial charge in [0.1, 0.15) is 6.54 Å². The molecule has 0 atom stereocenters. The Kier molecular flexibility index (Phi) is 3.52. The molecular weight excluding hydrogens is 270 g/mol. The molecule has 4 nitrogen and oxygen atoms in total. The standard InChI is InChI=1S/C15H15N3OS/c1-11-13-6-2-3-7-14(13)18(17-11)10-15(19)16-9-12-5-4-8-20-12/h2-8H,9-10H2,1H3,(H,16,19). The van der Waals surface area contributed by atoms with E-state index in [1.807, 2.05) is 48.7 Å². The van der Waals surface area contributed by atoms with E-state index in [9.17, 15) is 4.79 Å². The summed E-state index contributed by atoms with van der Waals surface area (Å²) >= 11 is 1.64. The highest BCUT2D eigenvalue weighted by Crippen LogP contribution is 2.17. The zero-order valence-electron chi connectivity index (χ0n) is 11.2. The van der Waals surface area contributed by atoms with Crippen molar-refractivity contribution in [2.24, 2.45) is 0 Å². The van der Waals surface area contributed by atoms with E-state index in [0.29, 0.717) is 6.54 Å². The van der Waals surface area contributed by atoms with Crippen molar-refractivity contribution in [2.45, 2.75) is 20.0 Å². The summed E-state index contributed by atoms with van der Waals surface area (Å²) in [5.74, 6) is -0.0216. The molecule has 2 heterocycles. The summed E-state index contributed by atoms with van der Waals surface area (Å²) in [6.07, 6.45) is 0. The van der Waals surface area contributed by atoms with Gasteiger partial charge in [-0.05, 0) is 24.4 Å². The van der Waals surface area contributed by atoms with Crippen molar-refractivity contribution in [1.82, 2.24) is 15.1 Å². The van der Waals surface area contributed by atoms with Crippen LogP contribution in [0.5, 0.6) is 0 Å². The zero-order valence-corrected chi connectivity index (χ0v) is 12.0. The Balaban J connectivity index is 1.71. The number of aromatic nitrogens is 2. The highest BCUT2D eigenvalue weighted by atomic mass is 32.1. The van der Waals surface area contributed by atoms with Gasteiger partial charge in [0.2, 0.25) is 5.91 Å². The van der Waals surface area contributed by atoms with Crippen LogP contribution in [0.1, 0.15) is 10.6 Å². The van der Waals surface area contributed by atoms with E-state index in [2.05, 4.69) is 10.4 Å². The van der Waals surface area contributed by atoms with Crippen molar-refractivity contribution >= 4 is 28.1 Å². The summed E-state index contributed by atoms with van der Waals surface area (Å²) in [4.78, 5) is 13.1. The number of hydrogen-bond acceptors (Lipinski definition) is 3. The Bertz CT molecular complexity index is 731. The van der Waals surface area contributed by atoms with Crippen LogP contribution in [0.4, 0.5) is 0 Å². The van der Waals surface area contributed by atoms with Crippen LogP contribution in [-0.4, -0.2) is 15.7 Å². The second kappa shape index (κ2) is 5.46. The minimum Gasteiger partial charge on any atom is -0.350 e. The molecule has 20 heavy (non-hydrogen) atoms. The maximum Gasteiger partial charge on any atom is 0.242 e. The monoisotopic (exact) mass is 285 g/mol. The third-order valence-corrected chi connectivity index (χ3v) is 4.05. The Hall–Kier alpha value is -2.14. The number of carbonyl (C=O) groups is 1. The lowest BCUT2D eigenvalue weighted by Crippen LogP contribution is -2.27. The van der Waals surface area contributed by atoms with Gasteiger partial charge in [0.15, 0.2) is 0 Å². The highest BCUT2D eigenvalue weighted by Gasteiger charge is 2.09. The van der Waals surface area contributed by atoms with Gasteiger partial charge >= 0.3 is 0 Å². The van der Waals surface area contributed by atoms with Crippen LogP contribution in [0.15, 0.2) is 41.8 Å². The van der Waals surface area contributed by atoms with Crippen molar-refractivity contribution in [3.8, 4) is 0 Å². The van der Waals surface area contributed by atoms with Crippen LogP contribution >= 0.6 is 11.3 Å². The second-order valence-corrected chi connectivity index (χ2v) is 5.65. The Labute approximate surface area is 121 Å². The van der Waals surface area contributed by atoms with Gasteiger partial charge in [-0.25, -0.2) is 0 Å². The molecule has 0 saturated heterocycles.